The van der Waals surface area contributed by atoms with Gasteiger partial charge in [-0.25, -0.2) is 0 Å². The van der Waals surface area contributed by atoms with Crippen molar-refractivity contribution in [2.75, 3.05) is 40.3 Å². The van der Waals surface area contributed by atoms with E-state index in [9.17, 15) is 0 Å². The highest BCUT2D eigenvalue weighted by Gasteiger charge is 2.22. The van der Waals surface area contributed by atoms with E-state index in [1.54, 1.807) is 0 Å². The van der Waals surface area contributed by atoms with E-state index in [4.69, 9.17) is 0 Å². The zero-order valence-electron chi connectivity index (χ0n) is 12.6. The Balaban J connectivity index is 1.73. The molecule has 2 aliphatic heterocycles. The maximum Gasteiger partial charge on any atom is 0.0858 e. The molecule has 0 amide bonds. The summed E-state index contributed by atoms with van der Waals surface area (Å²) in [7, 11) is 4.39. The van der Waals surface area contributed by atoms with Crippen molar-refractivity contribution in [3.05, 3.63) is 35.4 Å². The van der Waals surface area contributed by atoms with E-state index >= 15 is 0 Å². The predicted octanol–water partition coefficient (Wildman–Crippen LogP) is 1.53. The van der Waals surface area contributed by atoms with Gasteiger partial charge in [-0.1, -0.05) is 24.3 Å². The third-order valence-electron chi connectivity index (χ3n) is 4.50. The van der Waals surface area contributed by atoms with E-state index in [0.717, 1.165) is 13.1 Å². The lowest BCUT2D eigenvalue weighted by Crippen LogP contribution is -2.43. The number of nitrogens with zero attached hydrogens (tertiary/aromatic N) is 2. The topological polar surface area (TPSA) is 30.5 Å². The van der Waals surface area contributed by atoms with Crippen molar-refractivity contribution in [2.45, 2.75) is 25.2 Å². The Morgan fingerprint density at radius 2 is 1.20 bits per heavy atom. The molecule has 110 valence electrons. The number of benzene rings is 1. The first-order valence-electron chi connectivity index (χ1n) is 7.73. The second-order valence-corrected chi connectivity index (χ2v) is 6.05. The van der Waals surface area contributed by atoms with E-state index in [1.807, 2.05) is 0 Å². The summed E-state index contributed by atoms with van der Waals surface area (Å²) in [5.41, 5.74) is 2.74. The summed E-state index contributed by atoms with van der Waals surface area (Å²) in [6, 6.07) is 9.11. The first-order valence-corrected chi connectivity index (χ1v) is 7.73. The highest BCUT2D eigenvalue weighted by molar-refractivity contribution is 5.27. The molecule has 2 saturated heterocycles. The first kappa shape index (κ1) is 14.0. The molecule has 1 aromatic rings. The molecule has 1 aromatic carbocycles. The van der Waals surface area contributed by atoms with Gasteiger partial charge in [-0.2, -0.15) is 0 Å². The molecule has 2 N–H and O–H groups in total. The van der Waals surface area contributed by atoms with Crippen LogP contribution < -0.4 is 10.6 Å². The zero-order valence-corrected chi connectivity index (χ0v) is 12.6. The summed E-state index contributed by atoms with van der Waals surface area (Å²) in [4.78, 5) is 4.78. The second-order valence-electron chi connectivity index (χ2n) is 6.05. The minimum Gasteiger partial charge on any atom is -0.298 e. The van der Waals surface area contributed by atoms with E-state index < -0.39 is 0 Å². The van der Waals surface area contributed by atoms with Crippen LogP contribution in [0.4, 0.5) is 0 Å². The second kappa shape index (κ2) is 6.22. The van der Waals surface area contributed by atoms with E-state index in [2.05, 4.69) is 58.8 Å². The average molecular weight is 274 g/mol. The number of hydrogen-bond donors (Lipinski definition) is 2. The van der Waals surface area contributed by atoms with Crippen LogP contribution in [-0.2, 0) is 0 Å². The molecule has 2 fully saturated rings. The standard InChI is InChI=1S/C16H26N4/c1-19-11-3-9-17-15(19)13-5-7-14(8-6-13)16-18-10-4-12-20(16)2/h5-8,15-18H,3-4,9-12H2,1-2H3. The minimum atomic E-state index is 0.370. The third-order valence-corrected chi connectivity index (χ3v) is 4.50. The Hall–Kier alpha value is -0.940. The minimum absolute atomic E-state index is 0.370. The van der Waals surface area contributed by atoms with Gasteiger partial charge < -0.3 is 0 Å². The third kappa shape index (κ3) is 2.88. The molecule has 2 heterocycles. The van der Waals surface area contributed by atoms with E-state index in [-0.39, 0.29) is 0 Å². The van der Waals surface area contributed by atoms with Crippen LogP contribution in [0.2, 0.25) is 0 Å². The summed E-state index contributed by atoms with van der Waals surface area (Å²) in [6.07, 6.45) is 3.22. The van der Waals surface area contributed by atoms with Crippen LogP contribution in [0.3, 0.4) is 0 Å². The van der Waals surface area contributed by atoms with Crippen LogP contribution in [0.15, 0.2) is 24.3 Å². The van der Waals surface area contributed by atoms with Crippen molar-refractivity contribution < 1.29 is 0 Å². The molecule has 0 aromatic heterocycles. The van der Waals surface area contributed by atoms with Gasteiger partial charge >= 0.3 is 0 Å². The quantitative estimate of drug-likeness (QED) is 0.856. The fraction of sp³-hybridized carbons (Fsp3) is 0.625. The number of rotatable bonds is 2. The normalized spacial score (nSPS) is 29.5. The Kier molecular flexibility index (Phi) is 4.36. The van der Waals surface area contributed by atoms with Gasteiger partial charge in [0, 0.05) is 13.1 Å². The predicted molar refractivity (Wildman–Crippen MR) is 82.4 cm³/mol. The van der Waals surface area contributed by atoms with E-state index in [0.29, 0.717) is 12.3 Å². The number of hydrogen-bond acceptors (Lipinski definition) is 4. The molecule has 2 aliphatic rings. The molecule has 20 heavy (non-hydrogen) atoms. The smallest absolute Gasteiger partial charge is 0.0858 e. The lowest BCUT2D eigenvalue weighted by molar-refractivity contribution is 0.164. The van der Waals surface area contributed by atoms with Gasteiger partial charge in [-0.15, -0.1) is 0 Å². The molecule has 0 spiro atoms. The highest BCUT2D eigenvalue weighted by atomic mass is 15.3. The molecule has 4 nitrogen and oxygen atoms in total. The fourth-order valence-electron chi connectivity index (χ4n) is 3.31. The largest absolute Gasteiger partial charge is 0.298 e. The summed E-state index contributed by atoms with van der Waals surface area (Å²) < 4.78 is 0. The lowest BCUT2D eigenvalue weighted by atomic mass is 10.0. The van der Waals surface area contributed by atoms with Gasteiger partial charge in [-0.3, -0.25) is 20.4 Å². The molecule has 0 aliphatic carbocycles. The Morgan fingerprint density at radius 3 is 1.55 bits per heavy atom. The maximum absolute atomic E-state index is 3.59. The zero-order chi connectivity index (χ0) is 13.9. The molecular weight excluding hydrogens is 248 g/mol. The van der Waals surface area contributed by atoms with Crippen molar-refractivity contribution in [1.29, 1.82) is 0 Å². The average Bonchev–Trinajstić information content (AvgIpc) is 2.49. The SMILES string of the molecule is CN1CCCNC1c1ccc(C2NCCCN2C)cc1. The maximum atomic E-state index is 3.59. The lowest BCUT2D eigenvalue weighted by Gasteiger charge is -2.35. The van der Waals surface area contributed by atoms with Gasteiger partial charge in [-0.05, 0) is 51.2 Å². The Morgan fingerprint density at radius 1 is 0.800 bits per heavy atom. The van der Waals surface area contributed by atoms with Gasteiger partial charge in [0.05, 0.1) is 12.3 Å². The fourth-order valence-corrected chi connectivity index (χ4v) is 3.31. The Bertz CT molecular complexity index is 390. The highest BCUT2D eigenvalue weighted by Crippen LogP contribution is 2.24. The summed E-state index contributed by atoms with van der Waals surface area (Å²) in [5.74, 6) is 0. The van der Waals surface area contributed by atoms with Crippen LogP contribution in [0.1, 0.15) is 36.3 Å². The molecular formula is C16H26N4. The van der Waals surface area contributed by atoms with Crippen molar-refractivity contribution in [2.24, 2.45) is 0 Å². The molecule has 0 saturated carbocycles. The molecule has 3 rings (SSSR count). The summed E-state index contributed by atoms with van der Waals surface area (Å²) >= 11 is 0. The van der Waals surface area contributed by atoms with Crippen LogP contribution in [0, 0.1) is 0 Å². The molecule has 0 bridgehead atoms. The summed E-state index contributed by atoms with van der Waals surface area (Å²) in [5, 5.41) is 7.19. The van der Waals surface area contributed by atoms with Crippen molar-refractivity contribution in [1.82, 2.24) is 20.4 Å². The number of nitrogens with one attached hydrogen (secondary N) is 2. The molecule has 2 unspecified atom stereocenters. The van der Waals surface area contributed by atoms with Gasteiger partial charge in [0.25, 0.3) is 0 Å². The van der Waals surface area contributed by atoms with Crippen molar-refractivity contribution in [3.8, 4) is 0 Å². The van der Waals surface area contributed by atoms with Gasteiger partial charge in [0.15, 0.2) is 0 Å². The summed E-state index contributed by atoms with van der Waals surface area (Å²) in [6.45, 7) is 4.58. The van der Waals surface area contributed by atoms with E-state index in [1.165, 1.54) is 37.1 Å². The van der Waals surface area contributed by atoms with Crippen LogP contribution in [-0.4, -0.2) is 50.1 Å². The monoisotopic (exact) mass is 274 g/mol. The first-order chi connectivity index (χ1) is 9.75. The van der Waals surface area contributed by atoms with Crippen LogP contribution >= 0.6 is 0 Å². The van der Waals surface area contributed by atoms with Crippen LogP contribution in [0.5, 0.6) is 0 Å². The Labute approximate surface area is 122 Å². The molecule has 4 heteroatoms. The van der Waals surface area contributed by atoms with Crippen LogP contribution in [0.25, 0.3) is 0 Å². The molecule has 0 radical (unpaired) electrons. The van der Waals surface area contributed by atoms with Gasteiger partial charge in [0.1, 0.15) is 0 Å². The van der Waals surface area contributed by atoms with Crippen molar-refractivity contribution in [3.63, 3.8) is 0 Å². The van der Waals surface area contributed by atoms with Crippen molar-refractivity contribution >= 4 is 0 Å². The molecule has 2 atom stereocenters. The van der Waals surface area contributed by atoms with Gasteiger partial charge in [0.2, 0.25) is 0 Å².